The van der Waals surface area contributed by atoms with Crippen molar-refractivity contribution >= 4 is 11.6 Å². The van der Waals surface area contributed by atoms with Crippen LogP contribution in [0.4, 0.5) is 26.3 Å². The second-order valence-corrected chi connectivity index (χ2v) is 7.40. The molecule has 0 aliphatic rings. The number of H-pyrrole nitrogens is 1. The summed E-state index contributed by atoms with van der Waals surface area (Å²) < 4.78 is 84.1. The quantitative estimate of drug-likeness (QED) is 0.308. The fourth-order valence-electron chi connectivity index (χ4n) is 3.22. The van der Waals surface area contributed by atoms with Gasteiger partial charge in [0.25, 0.3) is 0 Å². The molecule has 1 N–H and O–H groups in total. The number of nitrogens with one attached hydrogen (secondary N) is 1. The van der Waals surface area contributed by atoms with Crippen molar-refractivity contribution in [2.45, 2.75) is 19.3 Å². The first-order valence-corrected chi connectivity index (χ1v) is 9.53. The lowest BCUT2D eigenvalue weighted by Gasteiger charge is -2.09. The summed E-state index contributed by atoms with van der Waals surface area (Å²) in [5.41, 5.74) is -0.566. The van der Waals surface area contributed by atoms with Crippen molar-refractivity contribution in [2.24, 2.45) is 0 Å². The van der Waals surface area contributed by atoms with Gasteiger partial charge in [0.1, 0.15) is 5.76 Å². The van der Waals surface area contributed by atoms with E-state index in [1.807, 2.05) is 0 Å². The highest BCUT2D eigenvalue weighted by Crippen LogP contribution is 2.38. The number of rotatable bonds is 3. The molecule has 0 radical (unpaired) electrons. The van der Waals surface area contributed by atoms with E-state index in [0.717, 1.165) is 24.3 Å². The first-order chi connectivity index (χ1) is 14.9. The lowest BCUT2D eigenvalue weighted by atomic mass is 10.1. The molecule has 0 aliphatic heterocycles. The second-order valence-electron chi connectivity index (χ2n) is 6.99. The number of halogens is 7. The first-order valence-electron chi connectivity index (χ1n) is 9.15. The van der Waals surface area contributed by atoms with Crippen LogP contribution in [0.3, 0.4) is 0 Å². The summed E-state index contributed by atoms with van der Waals surface area (Å²) in [6, 6.07) is 11.1. The molecular formula is C22H13ClF6N2O. The number of furan rings is 1. The Kier molecular flexibility index (Phi) is 5.32. The Bertz CT molecular complexity index is 1290. The molecule has 0 unspecified atom stereocenters. The fraction of sp³-hybridized carbons (Fsp3) is 0.136. The minimum absolute atomic E-state index is 0.150. The van der Waals surface area contributed by atoms with Gasteiger partial charge < -0.3 is 9.40 Å². The number of aromatic amines is 1. The first kappa shape index (κ1) is 22.0. The molecule has 2 heterocycles. The highest BCUT2D eigenvalue weighted by molar-refractivity contribution is 6.31. The molecule has 0 spiro atoms. The minimum atomic E-state index is -4.62. The van der Waals surface area contributed by atoms with Gasteiger partial charge >= 0.3 is 12.4 Å². The molecule has 0 atom stereocenters. The molecule has 0 bridgehead atoms. The van der Waals surface area contributed by atoms with Gasteiger partial charge in [0.2, 0.25) is 0 Å². The van der Waals surface area contributed by atoms with Crippen LogP contribution >= 0.6 is 11.6 Å². The lowest BCUT2D eigenvalue weighted by Crippen LogP contribution is -2.05. The molecule has 4 rings (SSSR count). The Hall–Kier alpha value is -3.20. The third kappa shape index (κ3) is 4.25. The number of hydrogen-bond acceptors (Lipinski definition) is 2. The van der Waals surface area contributed by atoms with Crippen LogP contribution in [0.25, 0.3) is 34.2 Å². The molecule has 4 aromatic rings. The molecule has 0 aliphatic carbocycles. The summed E-state index contributed by atoms with van der Waals surface area (Å²) in [6.07, 6.45) is -9.12. The van der Waals surface area contributed by atoms with E-state index in [1.54, 1.807) is 6.92 Å². The molecule has 3 nitrogen and oxygen atoms in total. The molecule has 166 valence electrons. The van der Waals surface area contributed by atoms with Gasteiger partial charge in [-0.15, -0.1) is 0 Å². The summed E-state index contributed by atoms with van der Waals surface area (Å²) in [5, 5.41) is -0.430. The van der Waals surface area contributed by atoms with E-state index in [2.05, 4.69) is 9.97 Å². The fourth-order valence-corrected chi connectivity index (χ4v) is 3.44. The zero-order valence-corrected chi connectivity index (χ0v) is 17.0. The van der Waals surface area contributed by atoms with E-state index >= 15 is 0 Å². The largest absolute Gasteiger partial charge is 0.453 e. The van der Waals surface area contributed by atoms with Crippen molar-refractivity contribution in [1.82, 2.24) is 9.97 Å². The van der Waals surface area contributed by atoms with Gasteiger partial charge in [0.05, 0.1) is 21.8 Å². The zero-order chi connectivity index (χ0) is 23.3. The van der Waals surface area contributed by atoms with Gasteiger partial charge in [-0.3, -0.25) is 0 Å². The third-order valence-corrected chi connectivity index (χ3v) is 5.07. The van der Waals surface area contributed by atoms with Crippen LogP contribution < -0.4 is 0 Å². The number of aromatic nitrogens is 2. The Labute approximate surface area is 182 Å². The van der Waals surface area contributed by atoms with E-state index in [4.69, 9.17) is 16.0 Å². The van der Waals surface area contributed by atoms with Crippen molar-refractivity contribution in [1.29, 1.82) is 0 Å². The van der Waals surface area contributed by atoms with Gasteiger partial charge in [-0.25, -0.2) is 4.98 Å². The molecule has 0 amide bonds. The monoisotopic (exact) mass is 470 g/mol. The molecular weight excluding hydrogens is 458 g/mol. The van der Waals surface area contributed by atoms with E-state index < -0.39 is 28.5 Å². The van der Waals surface area contributed by atoms with Gasteiger partial charge in [0, 0.05) is 16.8 Å². The average molecular weight is 471 g/mol. The van der Waals surface area contributed by atoms with E-state index in [9.17, 15) is 26.3 Å². The standard InChI is InChI=1S/C22H13ClF6N2O/c1-11-19(13-3-2-4-14(9-13)21(24,25)26)31-20(30-11)18-8-7-17(32-18)12-5-6-16(23)15(10-12)22(27,28)29/h2-10H,1H3,(H,30,31). The Morgan fingerprint density at radius 2 is 1.56 bits per heavy atom. The number of nitrogens with zero attached hydrogens (tertiary/aromatic N) is 1. The van der Waals surface area contributed by atoms with E-state index in [1.165, 1.54) is 30.3 Å². The average Bonchev–Trinajstić information content (AvgIpc) is 3.34. The molecule has 2 aromatic carbocycles. The number of aryl methyl sites for hydroxylation is 1. The number of alkyl halides is 6. The number of benzene rings is 2. The number of imidazole rings is 1. The van der Waals surface area contributed by atoms with Gasteiger partial charge in [-0.1, -0.05) is 23.7 Å². The lowest BCUT2D eigenvalue weighted by molar-refractivity contribution is -0.138. The van der Waals surface area contributed by atoms with Crippen LogP contribution in [0.5, 0.6) is 0 Å². The van der Waals surface area contributed by atoms with Crippen molar-refractivity contribution in [3.63, 3.8) is 0 Å². The molecule has 32 heavy (non-hydrogen) atoms. The van der Waals surface area contributed by atoms with Crippen LogP contribution in [0, 0.1) is 6.92 Å². The topological polar surface area (TPSA) is 41.8 Å². The van der Waals surface area contributed by atoms with Crippen LogP contribution in [-0.4, -0.2) is 9.97 Å². The summed E-state index contributed by atoms with van der Waals surface area (Å²) in [6.45, 7) is 1.64. The smallest absolute Gasteiger partial charge is 0.417 e. The van der Waals surface area contributed by atoms with Crippen molar-refractivity contribution < 1.29 is 30.8 Å². The predicted octanol–water partition coefficient (Wildman–Crippen LogP) is 8.00. The van der Waals surface area contributed by atoms with Gasteiger partial charge in [-0.2, -0.15) is 26.3 Å². The highest BCUT2D eigenvalue weighted by Gasteiger charge is 2.34. The molecule has 0 fully saturated rings. The predicted molar refractivity (Wildman–Crippen MR) is 107 cm³/mol. The second kappa shape index (κ2) is 7.74. The SMILES string of the molecule is Cc1[nH]c(-c2ccc(-c3ccc(Cl)c(C(F)(F)F)c3)o2)nc1-c1cccc(C(F)(F)F)c1. The molecule has 10 heteroatoms. The molecule has 0 saturated heterocycles. The normalized spacial score (nSPS) is 12.4. The van der Waals surface area contributed by atoms with Gasteiger partial charge in [-0.05, 0) is 49.4 Å². The maximum absolute atomic E-state index is 13.1. The van der Waals surface area contributed by atoms with Crippen molar-refractivity contribution in [2.75, 3.05) is 0 Å². The third-order valence-electron chi connectivity index (χ3n) is 4.74. The Morgan fingerprint density at radius 1 is 0.844 bits per heavy atom. The zero-order valence-electron chi connectivity index (χ0n) is 16.2. The number of hydrogen-bond donors (Lipinski definition) is 1. The van der Waals surface area contributed by atoms with E-state index in [-0.39, 0.29) is 28.5 Å². The molecule has 2 aromatic heterocycles. The van der Waals surface area contributed by atoms with Gasteiger partial charge in [0.15, 0.2) is 11.6 Å². The van der Waals surface area contributed by atoms with Crippen LogP contribution in [0.1, 0.15) is 16.8 Å². The van der Waals surface area contributed by atoms with Crippen LogP contribution in [0.2, 0.25) is 5.02 Å². The Balaban J connectivity index is 1.69. The highest BCUT2D eigenvalue weighted by atomic mass is 35.5. The summed E-state index contributed by atoms with van der Waals surface area (Å²) >= 11 is 5.65. The maximum atomic E-state index is 13.1. The molecule has 0 saturated carbocycles. The Morgan fingerprint density at radius 3 is 2.25 bits per heavy atom. The summed E-state index contributed by atoms with van der Waals surface area (Å²) in [4.78, 5) is 7.27. The maximum Gasteiger partial charge on any atom is 0.417 e. The minimum Gasteiger partial charge on any atom is -0.453 e. The van der Waals surface area contributed by atoms with Crippen molar-refractivity contribution in [3.8, 4) is 34.2 Å². The van der Waals surface area contributed by atoms with E-state index in [0.29, 0.717) is 11.4 Å². The summed E-state index contributed by atoms with van der Waals surface area (Å²) in [5.74, 6) is 0.591. The summed E-state index contributed by atoms with van der Waals surface area (Å²) in [7, 11) is 0. The van der Waals surface area contributed by atoms with Crippen LogP contribution in [0.15, 0.2) is 59.0 Å². The van der Waals surface area contributed by atoms with Crippen molar-refractivity contribution in [3.05, 3.63) is 76.4 Å². The van der Waals surface area contributed by atoms with Crippen LogP contribution in [-0.2, 0) is 12.4 Å².